The topological polar surface area (TPSA) is 9.23 Å². The summed E-state index contributed by atoms with van der Waals surface area (Å²) in [5.74, 6) is 0.501. The summed E-state index contributed by atoms with van der Waals surface area (Å²) in [6.07, 6.45) is 0. The average Bonchev–Trinajstić information content (AvgIpc) is 2.32. The summed E-state index contributed by atoms with van der Waals surface area (Å²) in [6.45, 7) is 2.32. The average molecular weight is 330 g/mol. The van der Waals surface area contributed by atoms with Crippen molar-refractivity contribution in [3.05, 3.63) is 62.8 Å². The van der Waals surface area contributed by atoms with Crippen molar-refractivity contribution >= 4 is 27.5 Å². The molecule has 0 spiro atoms. The first kappa shape index (κ1) is 13.4. The highest BCUT2D eigenvalue weighted by atomic mass is 79.9. The van der Waals surface area contributed by atoms with Gasteiger partial charge in [0.2, 0.25) is 0 Å². The van der Waals surface area contributed by atoms with Crippen LogP contribution < -0.4 is 4.74 Å². The molecule has 0 aliphatic carbocycles. The van der Waals surface area contributed by atoms with Crippen LogP contribution in [0.15, 0.2) is 40.9 Å². The van der Waals surface area contributed by atoms with Crippen molar-refractivity contribution < 1.29 is 9.13 Å². The van der Waals surface area contributed by atoms with Gasteiger partial charge in [-0.1, -0.05) is 17.7 Å². The van der Waals surface area contributed by atoms with E-state index in [0.29, 0.717) is 16.1 Å². The number of halogens is 3. The van der Waals surface area contributed by atoms with E-state index < -0.39 is 0 Å². The molecule has 0 bridgehead atoms. The van der Waals surface area contributed by atoms with Crippen LogP contribution >= 0.6 is 27.5 Å². The van der Waals surface area contributed by atoms with Crippen molar-refractivity contribution in [3.8, 4) is 5.75 Å². The normalized spacial score (nSPS) is 10.4. The third-order valence-corrected chi connectivity index (χ3v) is 3.36. The molecule has 2 rings (SSSR count). The van der Waals surface area contributed by atoms with Gasteiger partial charge < -0.3 is 4.74 Å². The standard InChI is InChI=1S/C14H11BrClFO/c1-9-6-11(16)3-5-14(9)18-8-10-2-4-13(17)12(15)7-10/h2-7H,8H2,1H3. The quantitative estimate of drug-likeness (QED) is 0.758. The van der Waals surface area contributed by atoms with Crippen LogP contribution in [0, 0.1) is 12.7 Å². The lowest BCUT2D eigenvalue weighted by molar-refractivity contribution is 0.304. The number of rotatable bonds is 3. The maximum absolute atomic E-state index is 13.1. The summed E-state index contributed by atoms with van der Waals surface area (Å²) in [5.41, 5.74) is 1.88. The first-order valence-electron chi connectivity index (χ1n) is 5.39. The fourth-order valence-corrected chi connectivity index (χ4v) is 2.22. The minimum atomic E-state index is -0.276. The van der Waals surface area contributed by atoms with E-state index in [1.807, 2.05) is 19.1 Å². The predicted molar refractivity (Wildman–Crippen MR) is 74.6 cm³/mol. The Morgan fingerprint density at radius 1 is 1.22 bits per heavy atom. The molecule has 0 atom stereocenters. The summed E-state index contributed by atoms with van der Waals surface area (Å²) >= 11 is 9.02. The number of hydrogen-bond acceptors (Lipinski definition) is 1. The zero-order chi connectivity index (χ0) is 13.1. The van der Waals surface area contributed by atoms with Gasteiger partial charge in [0.15, 0.2) is 0 Å². The second-order valence-electron chi connectivity index (χ2n) is 3.95. The van der Waals surface area contributed by atoms with E-state index in [-0.39, 0.29) is 5.82 Å². The Morgan fingerprint density at radius 3 is 2.67 bits per heavy atom. The molecule has 0 fully saturated rings. The SMILES string of the molecule is Cc1cc(Cl)ccc1OCc1ccc(F)c(Br)c1. The van der Waals surface area contributed by atoms with Gasteiger partial charge in [-0.3, -0.25) is 0 Å². The first-order chi connectivity index (χ1) is 8.56. The Labute approximate surface area is 119 Å². The molecule has 1 nitrogen and oxygen atoms in total. The van der Waals surface area contributed by atoms with Gasteiger partial charge in [-0.25, -0.2) is 4.39 Å². The molecule has 2 aromatic rings. The van der Waals surface area contributed by atoms with Crippen molar-refractivity contribution in [2.45, 2.75) is 13.5 Å². The van der Waals surface area contributed by atoms with Gasteiger partial charge in [0.25, 0.3) is 0 Å². The molecule has 0 amide bonds. The van der Waals surface area contributed by atoms with Crippen molar-refractivity contribution in [3.63, 3.8) is 0 Å². The molecule has 0 saturated carbocycles. The van der Waals surface area contributed by atoms with Crippen LogP contribution in [0.1, 0.15) is 11.1 Å². The smallest absolute Gasteiger partial charge is 0.137 e. The second kappa shape index (κ2) is 5.72. The van der Waals surface area contributed by atoms with Gasteiger partial charge in [-0.15, -0.1) is 0 Å². The Hall–Kier alpha value is -1.06. The number of ether oxygens (including phenoxy) is 1. The lowest BCUT2D eigenvalue weighted by Gasteiger charge is -2.09. The van der Waals surface area contributed by atoms with Crippen LogP contribution in [-0.2, 0) is 6.61 Å². The molecule has 4 heteroatoms. The van der Waals surface area contributed by atoms with Gasteiger partial charge in [0.1, 0.15) is 18.2 Å². The molecule has 94 valence electrons. The Kier molecular flexibility index (Phi) is 4.25. The maximum atomic E-state index is 13.1. The van der Waals surface area contributed by atoms with Crippen LogP contribution in [0.5, 0.6) is 5.75 Å². The molecule has 18 heavy (non-hydrogen) atoms. The maximum Gasteiger partial charge on any atom is 0.137 e. The van der Waals surface area contributed by atoms with Gasteiger partial charge >= 0.3 is 0 Å². The third kappa shape index (κ3) is 3.24. The van der Waals surface area contributed by atoms with E-state index in [9.17, 15) is 4.39 Å². The van der Waals surface area contributed by atoms with Crippen LogP contribution in [0.3, 0.4) is 0 Å². The zero-order valence-electron chi connectivity index (χ0n) is 9.71. The molecular formula is C14H11BrClFO. The second-order valence-corrected chi connectivity index (χ2v) is 5.24. The van der Waals surface area contributed by atoms with E-state index in [4.69, 9.17) is 16.3 Å². The predicted octanol–water partition coefficient (Wildman–Crippen LogP) is 5.13. The lowest BCUT2D eigenvalue weighted by atomic mass is 10.2. The number of benzene rings is 2. The summed E-state index contributed by atoms with van der Waals surface area (Å²) in [5, 5.41) is 0.685. The van der Waals surface area contributed by atoms with Crippen LogP contribution in [0.2, 0.25) is 5.02 Å². The molecule has 0 aliphatic rings. The molecule has 0 unspecified atom stereocenters. The van der Waals surface area contributed by atoms with E-state index in [1.165, 1.54) is 6.07 Å². The fourth-order valence-electron chi connectivity index (χ4n) is 1.57. The Morgan fingerprint density at radius 2 is 2.00 bits per heavy atom. The zero-order valence-corrected chi connectivity index (χ0v) is 12.1. The lowest BCUT2D eigenvalue weighted by Crippen LogP contribution is -1.97. The van der Waals surface area contributed by atoms with Gasteiger partial charge in [0, 0.05) is 5.02 Å². The summed E-state index contributed by atoms with van der Waals surface area (Å²) in [7, 11) is 0. The van der Waals surface area contributed by atoms with Gasteiger partial charge in [-0.05, 0) is 64.3 Å². The number of hydrogen-bond donors (Lipinski definition) is 0. The van der Waals surface area contributed by atoms with Crippen LogP contribution in [0.4, 0.5) is 4.39 Å². The van der Waals surface area contributed by atoms with Crippen molar-refractivity contribution in [1.82, 2.24) is 0 Å². The highest BCUT2D eigenvalue weighted by Crippen LogP contribution is 2.23. The fraction of sp³-hybridized carbons (Fsp3) is 0.143. The van der Waals surface area contributed by atoms with E-state index >= 15 is 0 Å². The molecule has 0 aliphatic heterocycles. The largest absolute Gasteiger partial charge is 0.489 e. The van der Waals surface area contributed by atoms with E-state index in [1.54, 1.807) is 18.2 Å². The van der Waals surface area contributed by atoms with Crippen molar-refractivity contribution in [1.29, 1.82) is 0 Å². The van der Waals surface area contributed by atoms with Gasteiger partial charge in [0.05, 0.1) is 4.47 Å². The Bertz CT molecular complexity index is 572. The van der Waals surface area contributed by atoms with E-state index in [2.05, 4.69) is 15.9 Å². The monoisotopic (exact) mass is 328 g/mol. The Balaban J connectivity index is 2.09. The van der Waals surface area contributed by atoms with Gasteiger partial charge in [-0.2, -0.15) is 0 Å². The molecule has 0 saturated heterocycles. The third-order valence-electron chi connectivity index (χ3n) is 2.52. The molecule has 0 radical (unpaired) electrons. The summed E-state index contributed by atoms with van der Waals surface area (Å²) in [6, 6.07) is 10.3. The molecule has 0 aromatic heterocycles. The number of aryl methyl sites for hydroxylation is 1. The van der Waals surface area contributed by atoms with Crippen LogP contribution in [-0.4, -0.2) is 0 Å². The minimum absolute atomic E-state index is 0.276. The molecule has 2 aromatic carbocycles. The molecule has 0 N–H and O–H groups in total. The highest BCUT2D eigenvalue weighted by Gasteiger charge is 2.03. The molecular weight excluding hydrogens is 319 g/mol. The molecule has 0 heterocycles. The minimum Gasteiger partial charge on any atom is -0.489 e. The van der Waals surface area contributed by atoms with Crippen molar-refractivity contribution in [2.75, 3.05) is 0 Å². The first-order valence-corrected chi connectivity index (χ1v) is 6.56. The van der Waals surface area contributed by atoms with Crippen molar-refractivity contribution in [2.24, 2.45) is 0 Å². The van der Waals surface area contributed by atoms with E-state index in [0.717, 1.165) is 16.9 Å². The highest BCUT2D eigenvalue weighted by molar-refractivity contribution is 9.10. The summed E-state index contributed by atoms with van der Waals surface area (Å²) in [4.78, 5) is 0. The van der Waals surface area contributed by atoms with Crippen LogP contribution in [0.25, 0.3) is 0 Å². The summed E-state index contributed by atoms with van der Waals surface area (Å²) < 4.78 is 19.2.